The molecule has 5 nitrogen and oxygen atoms in total. The van der Waals surface area contributed by atoms with Crippen LogP contribution in [0.25, 0.3) is 5.76 Å². The lowest BCUT2D eigenvalue weighted by atomic mass is 9.94. The number of Topliss-reactive ketones (excluding diaryl/α,β-unsaturated/α-hetero) is 1. The van der Waals surface area contributed by atoms with Gasteiger partial charge in [0.2, 0.25) is 0 Å². The molecule has 1 amide bonds. The highest BCUT2D eigenvalue weighted by atomic mass is 16.3. The van der Waals surface area contributed by atoms with Gasteiger partial charge in [0.15, 0.2) is 0 Å². The maximum Gasteiger partial charge on any atom is 0.295 e. The average molecular weight is 421 g/mol. The van der Waals surface area contributed by atoms with Gasteiger partial charge in [0, 0.05) is 31.9 Å². The number of ketones is 1. The van der Waals surface area contributed by atoms with Crippen LogP contribution in [-0.2, 0) is 9.59 Å². The van der Waals surface area contributed by atoms with E-state index in [9.17, 15) is 14.7 Å². The molecule has 1 saturated heterocycles. The van der Waals surface area contributed by atoms with Gasteiger partial charge in [-0.2, -0.15) is 0 Å². The van der Waals surface area contributed by atoms with Gasteiger partial charge in [0.05, 0.1) is 11.6 Å². The monoisotopic (exact) mass is 420 g/mol. The van der Waals surface area contributed by atoms with Crippen LogP contribution >= 0.6 is 0 Å². The van der Waals surface area contributed by atoms with Gasteiger partial charge >= 0.3 is 0 Å². The summed E-state index contributed by atoms with van der Waals surface area (Å²) in [6.07, 6.45) is 4.03. The molecule has 0 spiro atoms. The Morgan fingerprint density at radius 2 is 1.61 bits per heavy atom. The van der Waals surface area contributed by atoms with Crippen LogP contribution < -0.4 is 4.90 Å². The van der Waals surface area contributed by atoms with E-state index in [1.54, 1.807) is 17.0 Å². The molecular weight excluding hydrogens is 388 g/mol. The summed E-state index contributed by atoms with van der Waals surface area (Å²) in [4.78, 5) is 29.6. The van der Waals surface area contributed by atoms with Gasteiger partial charge in [-0.25, -0.2) is 0 Å². The Kier molecular flexibility index (Phi) is 7.16. The third kappa shape index (κ3) is 4.82. The Balaban J connectivity index is 2.06. The number of benzene rings is 2. The summed E-state index contributed by atoms with van der Waals surface area (Å²) in [6, 6.07) is 14.6. The summed E-state index contributed by atoms with van der Waals surface area (Å²) in [7, 11) is 3.93. The zero-order chi connectivity index (χ0) is 22.5. The number of rotatable bonds is 8. The van der Waals surface area contributed by atoms with Crippen LogP contribution in [0.15, 0.2) is 54.1 Å². The van der Waals surface area contributed by atoms with E-state index in [4.69, 9.17) is 0 Å². The van der Waals surface area contributed by atoms with Gasteiger partial charge in [0.25, 0.3) is 11.7 Å². The number of hydrogen-bond acceptors (Lipinski definition) is 4. The molecule has 1 aliphatic rings. The van der Waals surface area contributed by atoms with Crippen molar-refractivity contribution >= 4 is 23.1 Å². The molecule has 1 N–H and O–H groups in total. The molecule has 1 aliphatic heterocycles. The van der Waals surface area contributed by atoms with Gasteiger partial charge in [-0.05, 0) is 31.0 Å². The van der Waals surface area contributed by atoms with Gasteiger partial charge < -0.3 is 14.9 Å². The lowest BCUT2D eigenvalue weighted by molar-refractivity contribution is -0.139. The molecule has 0 saturated carbocycles. The molecule has 5 heteroatoms. The van der Waals surface area contributed by atoms with Gasteiger partial charge in [0.1, 0.15) is 5.76 Å². The smallest absolute Gasteiger partial charge is 0.295 e. The number of aliphatic hydroxyl groups is 1. The molecule has 2 aromatic rings. The average Bonchev–Trinajstić information content (AvgIpc) is 3.01. The highest BCUT2D eigenvalue weighted by Gasteiger charge is 2.45. The van der Waals surface area contributed by atoms with E-state index in [0.717, 1.165) is 42.5 Å². The Hall–Kier alpha value is -3.08. The highest BCUT2D eigenvalue weighted by Crippen LogP contribution is 2.40. The Labute approximate surface area is 185 Å². The molecule has 0 radical (unpaired) electrons. The molecular formula is C26H32N2O3. The van der Waals surface area contributed by atoms with Gasteiger partial charge in [-0.3, -0.25) is 9.59 Å². The van der Waals surface area contributed by atoms with Crippen LogP contribution in [0.3, 0.4) is 0 Å². The predicted molar refractivity (Wildman–Crippen MR) is 125 cm³/mol. The number of anilines is 1. The summed E-state index contributed by atoms with van der Waals surface area (Å²) in [5.41, 5.74) is 3.63. The number of aliphatic hydroxyl groups excluding tert-OH is 1. The Morgan fingerprint density at radius 3 is 2.19 bits per heavy atom. The molecule has 2 aromatic carbocycles. The maximum absolute atomic E-state index is 13.0. The molecule has 164 valence electrons. The lowest BCUT2D eigenvalue weighted by Crippen LogP contribution is -2.30. The minimum Gasteiger partial charge on any atom is -0.507 e. The van der Waals surface area contributed by atoms with Crippen LogP contribution in [0, 0.1) is 6.92 Å². The van der Waals surface area contributed by atoms with Crippen molar-refractivity contribution in [1.29, 1.82) is 0 Å². The van der Waals surface area contributed by atoms with Crippen molar-refractivity contribution in [2.75, 3.05) is 25.5 Å². The molecule has 0 bridgehead atoms. The second kappa shape index (κ2) is 9.82. The van der Waals surface area contributed by atoms with Crippen molar-refractivity contribution in [3.63, 3.8) is 0 Å². The molecule has 0 aliphatic carbocycles. The number of amides is 1. The van der Waals surface area contributed by atoms with Crippen LogP contribution in [0.2, 0.25) is 0 Å². The van der Waals surface area contributed by atoms with Crippen LogP contribution in [-0.4, -0.2) is 42.3 Å². The third-order valence-electron chi connectivity index (χ3n) is 5.84. The predicted octanol–water partition coefficient (Wildman–Crippen LogP) is 5.06. The van der Waals surface area contributed by atoms with E-state index in [-0.39, 0.29) is 11.3 Å². The van der Waals surface area contributed by atoms with Gasteiger partial charge in [-0.15, -0.1) is 0 Å². The number of carbonyl (C=O) groups excluding carboxylic acids is 2. The quantitative estimate of drug-likeness (QED) is 0.281. The summed E-state index contributed by atoms with van der Waals surface area (Å²) >= 11 is 0. The van der Waals surface area contributed by atoms with E-state index in [1.807, 2.05) is 62.3 Å². The van der Waals surface area contributed by atoms with E-state index in [0.29, 0.717) is 12.1 Å². The number of hydrogen-bond donors (Lipinski definition) is 1. The molecule has 0 unspecified atom stereocenters. The summed E-state index contributed by atoms with van der Waals surface area (Å²) in [6.45, 7) is 4.60. The Bertz CT molecular complexity index is 959. The van der Waals surface area contributed by atoms with E-state index in [1.165, 1.54) is 0 Å². The second-order valence-electron chi connectivity index (χ2n) is 8.41. The summed E-state index contributed by atoms with van der Waals surface area (Å²) in [5.74, 6) is -1.27. The topological polar surface area (TPSA) is 60.9 Å². The van der Waals surface area contributed by atoms with Crippen molar-refractivity contribution in [3.05, 3.63) is 70.8 Å². The molecule has 1 heterocycles. The standard InChI is InChI=1S/C26H32N2O3/c1-5-6-7-8-17-28-23(19-13-15-21(16-14-19)27(3)4)22(25(30)26(28)31)24(29)20-11-9-18(2)10-12-20/h9-16,23,29H,5-8,17H2,1-4H3/t23-/m0/s1. The fraction of sp³-hybridized carbons (Fsp3) is 0.385. The first kappa shape index (κ1) is 22.6. The number of nitrogens with zero attached hydrogens (tertiary/aromatic N) is 2. The number of unbranched alkanes of at least 4 members (excludes halogenated alkanes) is 3. The van der Waals surface area contributed by atoms with Crippen molar-refractivity contribution in [3.8, 4) is 0 Å². The first-order chi connectivity index (χ1) is 14.8. The summed E-state index contributed by atoms with van der Waals surface area (Å²) < 4.78 is 0. The SMILES string of the molecule is CCCCCCN1C(=O)C(=O)C(=C(O)c2ccc(C)cc2)[C@@H]1c1ccc(N(C)C)cc1. The zero-order valence-corrected chi connectivity index (χ0v) is 18.9. The fourth-order valence-corrected chi connectivity index (χ4v) is 3.99. The fourth-order valence-electron chi connectivity index (χ4n) is 3.99. The van der Waals surface area contributed by atoms with Gasteiger partial charge in [-0.1, -0.05) is 68.1 Å². The summed E-state index contributed by atoms with van der Waals surface area (Å²) in [5, 5.41) is 11.1. The number of aryl methyl sites for hydroxylation is 1. The van der Waals surface area contributed by atoms with Crippen LogP contribution in [0.5, 0.6) is 0 Å². The lowest BCUT2D eigenvalue weighted by Gasteiger charge is -2.26. The Morgan fingerprint density at radius 1 is 0.968 bits per heavy atom. The van der Waals surface area contributed by atoms with Crippen molar-refractivity contribution in [2.24, 2.45) is 0 Å². The minimum atomic E-state index is -0.616. The van der Waals surface area contributed by atoms with E-state index >= 15 is 0 Å². The minimum absolute atomic E-state index is 0.115. The highest BCUT2D eigenvalue weighted by molar-refractivity contribution is 6.46. The first-order valence-electron chi connectivity index (χ1n) is 11.0. The first-order valence-corrected chi connectivity index (χ1v) is 11.0. The largest absolute Gasteiger partial charge is 0.507 e. The molecule has 1 atom stereocenters. The normalized spacial score (nSPS) is 17.9. The maximum atomic E-state index is 13.0. The van der Waals surface area contributed by atoms with E-state index in [2.05, 4.69) is 6.92 Å². The number of carbonyl (C=O) groups is 2. The second-order valence-corrected chi connectivity index (χ2v) is 8.41. The van der Waals surface area contributed by atoms with Crippen molar-refractivity contribution < 1.29 is 14.7 Å². The van der Waals surface area contributed by atoms with Crippen molar-refractivity contribution in [1.82, 2.24) is 4.90 Å². The van der Waals surface area contributed by atoms with Crippen LogP contribution in [0.4, 0.5) is 5.69 Å². The third-order valence-corrected chi connectivity index (χ3v) is 5.84. The molecule has 3 rings (SSSR count). The van der Waals surface area contributed by atoms with Crippen LogP contribution in [0.1, 0.15) is 55.3 Å². The molecule has 31 heavy (non-hydrogen) atoms. The van der Waals surface area contributed by atoms with E-state index < -0.39 is 17.7 Å². The molecule has 0 aromatic heterocycles. The van der Waals surface area contributed by atoms with Crippen molar-refractivity contribution in [2.45, 2.75) is 45.6 Å². The molecule has 1 fully saturated rings. The number of likely N-dealkylation sites (tertiary alicyclic amines) is 1. The zero-order valence-electron chi connectivity index (χ0n) is 18.9.